The Morgan fingerprint density at radius 2 is 2.27 bits per heavy atom. The van der Waals surface area contributed by atoms with E-state index in [1.807, 2.05) is 6.92 Å². The molecule has 30 heavy (non-hydrogen) atoms. The van der Waals surface area contributed by atoms with Crippen LogP contribution in [0.25, 0.3) is 0 Å². The summed E-state index contributed by atoms with van der Waals surface area (Å²) in [7, 11) is 0. The molecule has 3 heterocycles. The number of imide groups is 1. The van der Waals surface area contributed by atoms with E-state index in [1.54, 1.807) is 11.3 Å². The van der Waals surface area contributed by atoms with Crippen LogP contribution in [0, 0.1) is 0 Å². The van der Waals surface area contributed by atoms with E-state index in [9.17, 15) is 9.59 Å². The summed E-state index contributed by atoms with van der Waals surface area (Å²) in [6, 6.07) is 4.09. The molecule has 2 aliphatic rings. The monoisotopic (exact) mass is 550 g/mol. The average Bonchev–Trinajstić information content (AvgIpc) is 3.34. The molecule has 3 rings (SSSR count). The summed E-state index contributed by atoms with van der Waals surface area (Å²) in [5, 5.41) is 11.1. The zero-order valence-electron chi connectivity index (χ0n) is 17.4. The molecule has 2 atom stereocenters. The van der Waals surface area contributed by atoms with Gasteiger partial charge >= 0.3 is 6.03 Å². The van der Waals surface area contributed by atoms with Crippen molar-refractivity contribution in [2.24, 2.45) is 4.99 Å². The molecule has 0 saturated carbocycles. The number of ether oxygens (including phenoxy) is 1. The van der Waals surface area contributed by atoms with Gasteiger partial charge in [0.25, 0.3) is 0 Å². The number of hydrogen-bond donors (Lipinski definition) is 3. The minimum absolute atomic E-state index is 0. The number of carbonyl (C=O) groups excluding carboxylic acids is 2. The number of thiophene rings is 1. The number of carbonyl (C=O) groups is 2. The summed E-state index contributed by atoms with van der Waals surface area (Å²) in [6.07, 6.45) is 0.214. The first kappa shape index (κ1) is 24.8. The predicted octanol–water partition coefficient (Wildman–Crippen LogP) is 1.23. The number of amides is 3. The summed E-state index contributed by atoms with van der Waals surface area (Å²) < 4.78 is 5.70. The van der Waals surface area contributed by atoms with Crippen LogP contribution in [0.3, 0.4) is 0 Å². The van der Waals surface area contributed by atoms with Crippen LogP contribution < -0.4 is 16.0 Å². The molecular weight excluding hydrogens is 519 g/mol. The van der Waals surface area contributed by atoms with Crippen LogP contribution in [0.1, 0.15) is 24.8 Å². The lowest BCUT2D eigenvalue weighted by Gasteiger charge is -2.36. The van der Waals surface area contributed by atoms with Gasteiger partial charge in [-0.15, -0.1) is 35.3 Å². The molecule has 2 unspecified atom stereocenters. The molecule has 0 bridgehead atoms. The Kier molecular flexibility index (Phi) is 10.3. The fraction of sp³-hybridized carbons (Fsp3) is 0.632. The zero-order valence-corrected chi connectivity index (χ0v) is 20.6. The van der Waals surface area contributed by atoms with Gasteiger partial charge in [0.15, 0.2) is 5.96 Å². The Hall–Kier alpha value is -1.44. The molecule has 168 valence electrons. The number of halogens is 1. The average molecular weight is 550 g/mol. The van der Waals surface area contributed by atoms with Crippen LogP contribution in [-0.2, 0) is 9.53 Å². The molecule has 3 amide bonds. The van der Waals surface area contributed by atoms with Crippen molar-refractivity contribution in [3.8, 4) is 0 Å². The van der Waals surface area contributed by atoms with Crippen molar-refractivity contribution in [2.75, 3.05) is 52.4 Å². The number of nitrogens with one attached hydrogen (secondary N) is 3. The van der Waals surface area contributed by atoms with Gasteiger partial charge in [0, 0.05) is 37.6 Å². The smallest absolute Gasteiger partial charge is 0.324 e. The number of nitrogens with zero attached hydrogens (tertiary/aromatic N) is 3. The molecule has 0 aromatic carbocycles. The first-order valence-electron chi connectivity index (χ1n) is 10.1. The summed E-state index contributed by atoms with van der Waals surface area (Å²) in [4.78, 5) is 33.1. The van der Waals surface area contributed by atoms with Gasteiger partial charge in [-0.3, -0.25) is 19.6 Å². The third kappa shape index (κ3) is 6.79. The van der Waals surface area contributed by atoms with Gasteiger partial charge in [-0.1, -0.05) is 6.07 Å². The van der Waals surface area contributed by atoms with Gasteiger partial charge in [-0.05, 0) is 25.3 Å². The van der Waals surface area contributed by atoms with Crippen molar-refractivity contribution in [1.82, 2.24) is 25.8 Å². The van der Waals surface area contributed by atoms with E-state index in [2.05, 4.69) is 45.3 Å². The molecule has 0 spiro atoms. The minimum Gasteiger partial charge on any atom is -0.376 e. The zero-order chi connectivity index (χ0) is 20.6. The van der Waals surface area contributed by atoms with Crippen molar-refractivity contribution >= 4 is 53.2 Å². The topological polar surface area (TPSA) is 98.3 Å². The van der Waals surface area contributed by atoms with E-state index in [1.165, 1.54) is 9.78 Å². The number of hydrogen-bond acceptors (Lipinski definition) is 6. The van der Waals surface area contributed by atoms with Crippen molar-refractivity contribution in [2.45, 2.75) is 26.0 Å². The molecule has 11 heteroatoms. The number of aliphatic imine (C=N–C) groups is 1. The second-order valence-corrected chi connectivity index (χ2v) is 8.04. The third-order valence-electron chi connectivity index (χ3n) is 4.92. The molecule has 2 fully saturated rings. The fourth-order valence-electron chi connectivity index (χ4n) is 3.48. The first-order chi connectivity index (χ1) is 14.1. The van der Waals surface area contributed by atoms with Gasteiger partial charge < -0.3 is 20.7 Å². The Labute approximate surface area is 198 Å². The van der Waals surface area contributed by atoms with E-state index in [4.69, 9.17) is 9.73 Å². The van der Waals surface area contributed by atoms with Crippen molar-refractivity contribution in [3.63, 3.8) is 0 Å². The first-order valence-corrected chi connectivity index (χ1v) is 11.0. The Morgan fingerprint density at radius 3 is 2.90 bits per heavy atom. The Bertz CT molecular complexity index is 701. The summed E-state index contributed by atoms with van der Waals surface area (Å²) in [5.74, 6) is 0.486. The Morgan fingerprint density at radius 1 is 1.43 bits per heavy atom. The van der Waals surface area contributed by atoms with Gasteiger partial charge in [0.1, 0.15) is 0 Å². The van der Waals surface area contributed by atoms with Gasteiger partial charge in [-0.25, -0.2) is 4.79 Å². The van der Waals surface area contributed by atoms with Gasteiger partial charge in [0.2, 0.25) is 5.91 Å². The highest BCUT2D eigenvalue weighted by molar-refractivity contribution is 14.0. The van der Waals surface area contributed by atoms with Crippen LogP contribution in [0.15, 0.2) is 22.5 Å². The minimum atomic E-state index is -0.335. The lowest BCUT2D eigenvalue weighted by atomic mass is 10.1. The second-order valence-electron chi connectivity index (χ2n) is 7.06. The molecule has 0 aliphatic carbocycles. The fourth-order valence-corrected chi connectivity index (χ4v) is 4.33. The highest BCUT2D eigenvalue weighted by Crippen LogP contribution is 2.27. The normalized spacial score (nSPS) is 21.2. The van der Waals surface area contributed by atoms with E-state index < -0.39 is 0 Å². The van der Waals surface area contributed by atoms with Crippen LogP contribution in [0.4, 0.5) is 4.79 Å². The lowest BCUT2D eigenvalue weighted by Crippen LogP contribution is -2.45. The summed E-state index contributed by atoms with van der Waals surface area (Å²) in [5.41, 5.74) is 0. The second kappa shape index (κ2) is 12.4. The molecule has 2 aliphatic heterocycles. The molecule has 9 nitrogen and oxygen atoms in total. The van der Waals surface area contributed by atoms with E-state index in [0.717, 1.165) is 26.2 Å². The van der Waals surface area contributed by atoms with Crippen LogP contribution in [-0.4, -0.2) is 86.2 Å². The van der Waals surface area contributed by atoms with E-state index in [-0.39, 0.29) is 54.6 Å². The van der Waals surface area contributed by atoms with Gasteiger partial charge in [0.05, 0.1) is 31.8 Å². The molecular formula is C19H31IN6O3S. The molecule has 2 saturated heterocycles. The maximum Gasteiger partial charge on any atom is 0.324 e. The highest BCUT2D eigenvalue weighted by atomic mass is 127. The van der Waals surface area contributed by atoms with E-state index >= 15 is 0 Å². The van der Waals surface area contributed by atoms with Crippen LogP contribution in [0.5, 0.6) is 0 Å². The standard InChI is InChI=1S/C19H30N6O3S.HI/c1-3-20-18(21-6-7-25-17(26)12-23-19(25)27)22-11-15(16-5-4-10-29-16)24-8-9-28-14(2)13-24;/h4-5,10,14-15H,3,6-9,11-13H2,1-2H3,(H,23,27)(H2,20,21,22);1H. The number of morpholine rings is 1. The maximum atomic E-state index is 11.7. The number of urea groups is 1. The lowest BCUT2D eigenvalue weighted by molar-refractivity contribution is -0.124. The third-order valence-corrected chi connectivity index (χ3v) is 5.89. The van der Waals surface area contributed by atoms with Crippen molar-refractivity contribution in [1.29, 1.82) is 0 Å². The van der Waals surface area contributed by atoms with E-state index in [0.29, 0.717) is 25.6 Å². The van der Waals surface area contributed by atoms with Gasteiger partial charge in [-0.2, -0.15) is 0 Å². The molecule has 0 radical (unpaired) electrons. The predicted molar refractivity (Wildman–Crippen MR) is 129 cm³/mol. The summed E-state index contributed by atoms with van der Waals surface area (Å²) in [6.45, 7) is 8.79. The maximum absolute atomic E-state index is 11.7. The highest BCUT2D eigenvalue weighted by Gasteiger charge is 2.28. The number of rotatable bonds is 8. The molecule has 1 aromatic heterocycles. The SMILES string of the molecule is CCNC(=NCC(c1cccs1)N1CCOC(C)C1)NCCN1C(=O)CNC1=O.I. The number of guanidine groups is 1. The Balaban J connectivity index is 0.00000320. The summed E-state index contributed by atoms with van der Waals surface area (Å²) >= 11 is 1.74. The van der Waals surface area contributed by atoms with Crippen LogP contribution >= 0.6 is 35.3 Å². The van der Waals surface area contributed by atoms with Crippen LogP contribution in [0.2, 0.25) is 0 Å². The quantitative estimate of drug-likeness (QED) is 0.195. The largest absolute Gasteiger partial charge is 0.376 e. The van der Waals surface area contributed by atoms with Crippen molar-refractivity contribution < 1.29 is 14.3 Å². The molecule has 3 N–H and O–H groups in total. The van der Waals surface area contributed by atoms with Crippen molar-refractivity contribution in [3.05, 3.63) is 22.4 Å². The molecule has 1 aromatic rings.